The molecule has 0 saturated heterocycles. The van der Waals surface area contributed by atoms with Crippen molar-refractivity contribution in [2.45, 2.75) is 33.2 Å². The van der Waals surface area contributed by atoms with Gasteiger partial charge in [-0.1, -0.05) is 13.8 Å². The summed E-state index contributed by atoms with van der Waals surface area (Å²) in [5.74, 6) is -0.965. The Labute approximate surface area is 125 Å². The van der Waals surface area contributed by atoms with Crippen LogP contribution in [-0.4, -0.2) is 41.6 Å². The smallest absolute Gasteiger partial charge is 0.308 e. The second kappa shape index (κ2) is 7.67. The maximum atomic E-state index is 12.6. The first kappa shape index (κ1) is 17.0. The highest BCUT2D eigenvalue weighted by atomic mass is 16.5. The molecule has 0 heterocycles. The number of hydrogen-bond acceptors (Lipinski definition) is 3. The van der Waals surface area contributed by atoms with Crippen molar-refractivity contribution in [3.8, 4) is 5.75 Å². The number of hydrogen-bond donors (Lipinski definition) is 1. The van der Waals surface area contributed by atoms with E-state index in [0.717, 1.165) is 6.42 Å². The molecule has 0 radical (unpaired) electrons. The van der Waals surface area contributed by atoms with Crippen LogP contribution in [0.2, 0.25) is 0 Å². The average molecular weight is 293 g/mol. The number of carboxylic acid groups (broad SMARTS) is 1. The monoisotopic (exact) mass is 293 g/mol. The quantitative estimate of drug-likeness (QED) is 0.839. The Morgan fingerprint density at radius 2 is 1.81 bits per heavy atom. The number of aliphatic carboxylic acids is 1. The number of carbonyl (C=O) groups excluding carboxylic acids is 1. The van der Waals surface area contributed by atoms with Crippen LogP contribution < -0.4 is 4.74 Å². The fraction of sp³-hybridized carbons (Fsp3) is 0.500. The molecule has 1 rings (SSSR count). The zero-order chi connectivity index (χ0) is 16.0. The molecule has 0 saturated carbocycles. The fourth-order valence-electron chi connectivity index (χ4n) is 1.96. The van der Waals surface area contributed by atoms with Gasteiger partial charge in [-0.25, -0.2) is 0 Å². The van der Waals surface area contributed by atoms with E-state index in [9.17, 15) is 9.59 Å². The van der Waals surface area contributed by atoms with Crippen molar-refractivity contribution < 1.29 is 19.4 Å². The van der Waals surface area contributed by atoms with Gasteiger partial charge in [-0.2, -0.15) is 0 Å². The van der Waals surface area contributed by atoms with Crippen molar-refractivity contribution in [2.24, 2.45) is 5.92 Å². The molecule has 21 heavy (non-hydrogen) atoms. The number of amides is 1. The Bertz CT molecular complexity index is 484. The van der Waals surface area contributed by atoms with Gasteiger partial charge < -0.3 is 14.7 Å². The number of carboxylic acids is 1. The molecule has 1 N–H and O–H groups in total. The van der Waals surface area contributed by atoms with Crippen molar-refractivity contribution >= 4 is 11.9 Å². The second-order valence-electron chi connectivity index (χ2n) is 5.18. The van der Waals surface area contributed by atoms with Crippen LogP contribution in [0.15, 0.2) is 24.3 Å². The number of nitrogens with zero attached hydrogens (tertiary/aromatic N) is 1. The lowest BCUT2D eigenvalue weighted by molar-refractivity contribution is -0.141. The van der Waals surface area contributed by atoms with Gasteiger partial charge in [0.2, 0.25) is 0 Å². The minimum absolute atomic E-state index is 0.0126. The molecule has 1 aromatic rings. The summed E-state index contributed by atoms with van der Waals surface area (Å²) in [6.07, 6.45) is 0.772. The molecule has 116 valence electrons. The van der Waals surface area contributed by atoms with E-state index in [1.54, 1.807) is 43.2 Å². The third-order valence-electron chi connectivity index (χ3n) is 3.61. The summed E-state index contributed by atoms with van der Waals surface area (Å²) in [4.78, 5) is 25.3. The van der Waals surface area contributed by atoms with E-state index < -0.39 is 11.9 Å². The highest BCUT2D eigenvalue weighted by molar-refractivity contribution is 5.94. The van der Waals surface area contributed by atoms with Crippen molar-refractivity contribution in [2.75, 3.05) is 13.7 Å². The van der Waals surface area contributed by atoms with Crippen LogP contribution in [0.4, 0.5) is 0 Å². The van der Waals surface area contributed by atoms with Crippen LogP contribution in [0.25, 0.3) is 0 Å². The molecule has 5 nitrogen and oxygen atoms in total. The Hall–Kier alpha value is -2.04. The van der Waals surface area contributed by atoms with Crippen LogP contribution in [0, 0.1) is 5.92 Å². The molecule has 1 amide bonds. The third kappa shape index (κ3) is 4.48. The SMILES string of the molecule is CCC(C)N(CC(C)C(=O)O)C(=O)c1ccc(OC)cc1. The van der Waals surface area contributed by atoms with Gasteiger partial charge in [-0.05, 0) is 37.6 Å². The lowest BCUT2D eigenvalue weighted by Crippen LogP contribution is -2.42. The van der Waals surface area contributed by atoms with E-state index in [1.807, 2.05) is 13.8 Å². The van der Waals surface area contributed by atoms with Crippen LogP contribution in [0.1, 0.15) is 37.6 Å². The van der Waals surface area contributed by atoms with Gasteiger partial charge in [-0.3, -0.25) is 9.59 Å². The summed E-state index contributed by atoms with van der Waals surface area (Å²) in [6, 6.07) is 6.83. The molecule has 0 fully saturated rings. The summed E-state index contributed by atoms with van der Waals surface area (Å²) in [5.41, 5.74) is 0.536. The highest BCUT2D eigenvalue weighted by Crippen LogP contribution is 2.17. The maximum absolute atomic E-state index is 12.6. The lowest BCUT2D eigenvalue weighted by Gasteiger charge is -2.30. The molecule has 0 aromatic heterocycles. The minimum Gasteiger partial charge on any atom is -0.497 e. The topological polar surface area (TPSA) is 66.8 Å². The van der Waals surface area contributed by atoms with Crippen molar-refractivity contribution in [3.05, 3.63) is 29.8 Å². The van der Waals surface area contributed by atoms with Crippen molar-refractivity contribution in [1.82, 2.24) is 4.90 Å². The number of benzene rings is 1. The molecule has 1 aromatic carbocycles. The summed E-state index contributed by atoms with van der Waals surface area (Å²) < 4.78 is 5.07. The van der Waals surface area contributed by atoms with E-state index in [-0.39, 0.29) is 18.5 Å². The first-order valence-electron chi connectivity index (χ1n) is 7.08. The first-order valence-corrected chi connectivity index (χ1v) is 7.08. The van der Waals surface area contributed by atoms with Gasteiger partial charge in [-0.15, -0.1) is 0 Å². The van der Waals surface area contributed by atoms with Gasteiger partial charge >= 0.3 is 5.97 Å². The van der Waals surface area contributed by atoms with Crippen LogP contribution in [0.3, 0.4) is 0 Å². The first-order chi connectivity index (χ1) is 9.90. The van der Waals surface area contributed by atoms with E-state index in [4.69, 9.17) is 9.84 Å². The third-order valence-corrected chi connectivity index (χ3v) is 3.61. The van der Waals surface area contributed by atoms with Crippen molar-refractivity contribution in [3.63, 3.8) is 0 Å². The molecule has 0 aliphatic heterocycles. The van der Waals surface area contributed by atoms with Crippen LogP contribution >= 0.6 is 0 Å². The summed E-state index contributed by atoms with van der Waals surface area (Å²) in [6.45, 7) is 5.72. The lowest BCUT2D eigenvalue weighted by atomic mass is 10.1. The molecule has 5 heteroatoms. The molecular formula is C16H23NO4. The summed E-state index contributed by atoms with van der Waals surface area (Å²) in [5, 5.41) is 9.05. The number of methoxy groups -OCH3 is 1. The standard InChI is InChI=1S/C16H23NO4/c1-5-12(3)17(10-11(2)16(19)20)15(18)13-6-8-14(21-4)9-7-13/h6-9,11-12H,5,10H2,1-4H3,(H,19,20). The Kier molecular flexibility index (Phi) is 6.21. The van der Waals surface area contributed by atoms with E-state index in [0.29, 0.717) is 11.3 Å². The molecule has 0 bridgehead atoms. The minimum atomic E-state index is -0.897. The Morgan fingerprint density at radius 1 is 1.24 bits per heavy atom. The largest absolute Gasteiger partial charge is 0.497 e. The van der Waals surface area contributed by atoms with Gasteiger partial charge in [0.15, 0.2) is 0 Å². The molecule has 2 atom stereocenters. The zero-order valence-electron chi connectivity index (χ0n) is 13.0. The molecular weight excluding hydrogens is 270 g/mol. The number of carbonyl (C=O) groups is 2. The van der Waals surface area contributed by atoms with E-state index in [2.05, 4.69) is 0 Å². The van der Waals surface area contributed by atoms with Crippen LogP contribution in [-0.2, 0) is 4.79 Å². The predicted molar refractivity (Wildman–Crippen MR) is 80.6 cm³/mol. The van der Waals surface area contributed by atoms with Gasteiger partial charge in [0.25, 0.3) is 5.91 Å². The second-order valence-corrected chi connectivity index (χ2v) is 5.18. The van der Waals surface area contributed by atoms with E-state index in [1.165, 1.54) is 0 Å². The van der Waals surface area contributed by atoms with Crippen molar-refractivity contribution in [1.29, 1.82) is 0 Å². The molecule has 0 spiro atoms. The normalized spacial score (nSPS) is 13.3. The molecule has 0 aliphatic rings. The van der Waals surface area contributed by atoms with Gasteiger partial charge in [0.05, 0.1) is 13.0 Å². The number of ether oxygens (including phenoxy) is 1. The fourth-order valence-corrected chi connectivity index (χ4v) is 1.96. The van der Waals surface area contributed by atoms with Gasteiger partial charge in [0, 0.05) is 18.2 Å². The predicted octanol–water partition coefficient (Wildman–Crippen LogP) is 2.66. The average Bonchev–Trinajstić information content (AvgIpc) is 2.50. The molecule has 2 unspecified atom stereocenters. The van der Waals surface area contributed by atoms with Crippen LogP contribution in [0.5, 0.6) is 5.75 Å². The molecule has 0 aliphatic carbocycles. The summed E-state index contributed by atoms with van der Waals surface area (Å²) >= 11 is 0. The Balaban J connectivity index is 2.95. The number of rotatable bonds is 7. The Morgan fingerprint density at radius 3 is 2.24 bits per heavy atom. The zero-order valence-corrected chi connectivity index (χ0v) is 13.0. The van der Waals surface area contributed by atoms with Gasteiger partial charge in [0.1, 0.15) is 5.75 Å². The maximum Gasteiger partial charge on any atom is 0.308 e. The summed E-state index contributed by atoms with van der Waals surface area (Å²) in [7, 11) is 1.57. The van der Waals surface area contributed by atoms with E-state index >= 15 is 0 Å². The highest BCUT2D eigenvalue weighted by Gasteiger charge is 2.25.